The molecule has 4 N–H and O–H groups in total. The normalized spacial score (nSPS) is 31.3. The van der Waals surface area contributed by atoms with Crippen LogP contribution in [0, 0.1) is 5.92 Å². The van der Waals surface area contributed by atoms with Crippen LogP contribution in [0.5, 0.6) is 0 Å². The van der Waals surface area contributed by atoms with Crippen molar-refractivity contribution in [2.75, 3.05) is 19.7 Å². The van der Waals surface area contributed by atoms with E-state index in [4.69, 9.17) is 10.2 Å². The molecule has 0 aromatic rings. The van der Waals surface area contributed by atoms with Crippen molar-refractivity contribution in [1.82, 2.24) is 10.2 Å². The second-order valence-corrected chi connectivity index (χ2v) is 5.77. The molecule has 2 amide bonds. The molecule has 7 nitrogen and oxygen atoms in total. The fourth-order valence-electron chi connectivity index (χ4n) is 3.18. The van der Waals surface area contributed by atoms with Crippen molar-refractivity contribution in [1.29, 1.82) is 0 Å². The minimum absolute atomic E-state index is 0.0631. The highest BCUT2D eigenvalue weighted by molar-refractivity contribution is 5.82. The number of nitrogens with one attached hydrogen (secondary N) is 1. The second kappa shape index (κ2) is 5.97. The Hall–Kier alpha value is -1.34. The number of fused-ring (bicyclic) bond motifs is 1. The first-order valence-corrected chi connectivity index (χ1v) is 7.08. The van der Waals surface area contributed by atoms with Crippen molar-refractivity contribution < 1.29 is 24.9 Å². The molecule has 1 aliphatic carbocycles. The number of carboxylic acids is 1. The lowest BCUT2D eigenvalue weighted by atomic mass is 9.71. The van der Waals surface area contributed by atoms with E-state index in [-0.39, 0.29) is 5.92 Å². The lowest BCUT2D eigenvalue weighted by molar-refractivity contribution is -0.140. The predicted octanol–water partition coefficient (Wildman–Crippen LogP) is -0.231. The van der Waals surface area contributed by atoms with E-state index in [1.54, 1.807) is 0 Å². The van der Waals surface area contributed by atoms with Crippen LogP contribution in [0.4, 0.5) is 4.79 Å². The van der Waals surface area contributed by atoms with Gasteiger partial charge in [0.2, 0.25) is 0 Å². The molecule has 1 aliphatic heterocycles. The SMILES string of the molecule is O=C(O)C(CO)NC(=O)N1CCC2(O)CCCCC2C1. The molecular formula is C13H22N2O5. The largest absolute Gasteiger partial charge is 0.480 e. The number of rotatable bonds is 3. The summed E-state index contributed by atoms with van der Waals surface area (Å²) < 4.78 is 0. The van der Waals surface area contributed by atoms with Gasteiger partial charge in [-0.05, 0) is 19.3 Å². The van der Waals surface area contributed by atoms with Crippen molar-refractivity contribution in [3.8, 4) is 0 Å². The molecule has 1 heterocycles. The van der Waals surface area contributed by atoms with Crippen LogP contribution < -0.4 is 5.32 Å². The first-order valence-electron chi connectivity index (χ1n) is 7.08. The number of aliphatic carboxylic acids is 1. The van der Waals surface area contributed by atoms with E-state index in [1.165, 1.54) is 4.90 Å². The molecule has 3 atom stereocenters. The first kappa shape index (κ1) is 15.1. The lowest BCUT2D eigenvalue weighted by Gasteiger charge is -2.47. The highest BCUT2D eigenvalue weighted by Gasteiger charge is 2.44. The van der Waals surface area contributed by atoms with Gasteiger partial charge in [0.1, 0.15) is 0 Å². The molecule has 0 aromatic heterocycles. The molecule has 2 fully saturated rings. The predicted molar refractivity (Wildman–Crippen MR) is 70.1 cm³/mol. The van der Waals surface area contributed by atoms with E-state index in [0.717, 1.165) is 25.7 Å². The second-order valence-electron chi connectivity index (χ2n) is 5.77. The van der Waals surface area contributed by atoms with Crippen LogP contribution in [0.15, 0.2) is 0 Å². The van der Waals surface area contributed by atoms with Crippen LogP contribution >= 0.6 is 0 Å². The van der Waals surface area contributed by atoms with E-state index in [2.05, 4.69) is 5.32 Å². The lowest BCUT2D eigenvalue weighted by Crippen LogP contribution is -2.58. The van der Waals surface area contributed by atoms with Crippen molar-refractivity contribution in [3.05, 3.63) is 0 Å². The molecule has 0 spiro atoms. The van der Waals surface area contributed by atoms with E-state index in [1.807, 2.05) is 0 Å². The van der Waals surface area contributed by atoms with E-state index >= 15 is 0 Å². The molecule has 2 rings (SSSR count). The van der Waals surface area contributed by atoms with Gasteiger partial charge in [-0.15, -0.1) is 0 Å². The summed E-state index contributed by atoms with van der Waals surface area (Å²) in [6.45, 7) is 0.221. The highest BCUT2D eigenvalue weighted by Crippen LogP contribution is 2.39. The number of hydrogen-bond acceptors (Lipinski definition) is 4. The van der Waals surface area contributed by atoms with E-state index in [0.29, 0.717) is 19.5 Å². The molecule has 0 radical (unpaired) electrons. The van der Waals surface area contributed by atoms with Crippen molar-refractivity contribution in [2.45, 2.75) is 43.7 Å². The monoisotopic (exact) mass is 286 g/mol. The zero-order valence-electron chi connectivity index (χ0n) is 11.4. The molecule has 2 aliphatic rings. The minimum atomic E-state index is -1.28. The van der Waals surface area contributed by atoms with Gasteiger partial charge in [0, 0.05) is 19.0 Å². The van der Waals surface area contributed by atoms with Crippen LogP contribution in [0.2, 0.25) is 0 Å². The number of aliphatic hydroxyl groups excluding tert-OH is 1. The summed E-state index contributed by atoms with van der Waals surface area (Å²) in [6.07, 6.45) is 4.27. The van der Waals surface area contributed by atoms with Crippen LogP contribution in [0.3, 0.4) is 0 Å². The summed E-state index contributed by atoms with van der Waals surface area (Å²) in [5.41, 5.74) is -0.668. The van der Waals surface area contributed by atoms with Crippen molar-refractivity contribution in [2.24, 2.45) is 5.92 Å². The molecule has 114 valence electrons. The Kier molecular flexibility index (Phi) is 4.49. The Bertz CT molecular complexity index is 389. The third-order valence-corrected chi connectivity index (χ3v) is 4.49. The fraction of sp³-hybridized carbons (Fsp3) is 0.846. The van der Waals surface area contributed by atoms with E-state index in [9.17, 15) is 14.7 Å². The Morgan fingerprint density at radius 2 is 2.10 bits per heavy atom. The van der Waals surface area contributed by atoms with Crippen molar-refractivity contribution >= 4 is 12.0 Å². The van der Waals surface area contributed by atoms with Gasteiger partial charge in [0.25, 0.3) is 0 Å². The minimum Gasteiger partial charge on any atom is -0.480 e. The van der Waals surface area contributed by atoms with Gasteiger partial charge in [-0.2, -0.15) is 0 Å². The average Bonchev–Trinajstić information content (AvgIpc) is 2.43. The van der Waals surface area contributed by atoms with Crippen LogP contribution in [-0.2, 0) is 4.79 Å². The number of nitrogens with zero attached hydrogens (tertiary/aromatic N) is 1. The smallest absolute Gasteiger partial charge is 0.328 e. The number of urea groups is 1. The topological polar surface area (TPSA) is 110 Å². The van der Waals surface area contributed by atoms with Gasteiger partial charge in [-0.3, -0.25) is 0 Å². The number of carbonyl (C=O) groups excluding carboxylic acids is 1. The molecule has 0 bridgehead atoms. The summed E-state index contributed by atoms with van der Waals surface area (Å²) in [4.78, 5) is 24.3. The van der Waals surface area contributed by atoms with E-state index < -0.39 is 30.3 Å². The summed E-state index contributed by atoms with van der Waals surface area (Å²) in [6, 6.07) is -1.77. The number of aliphatic hydroxyl groups is 2. The summed E-state index contributed by atoms with van der Waals surface area (Å²) in [7, 11) is 0. The van der Waals surface area contributed by atoms with Crippen molar-refractivity contribution in [3.63, 3.8) is 0 Å². The van der Waals surface area contributed by atoms with Crippen LogP contribution in [0.1, 0.15) is 32.1 Å². The summed E-state index contributed by atoms with van der Waals surface area (Å²) in [5.74, 6) is -1.19. The number of hydrogen-bond donors (Lipinski definition) is 4. The Morgan fingerprint density at radius 1 is 1.35 bits per heavy atom. The molecular weight excluding hydrogens is 264 g/mol. The molecule has 7 heteroatoms. The quantitative estimate of drug-likeness (QED) is 0.573. The fourth-order valence-corrected chi connectivity index (χ4v) is 3.18. The summed E-state index contributed by atoms with van der Waals surface area (Å²) in [5, 5.41) is 30.5. The number of carbonyl (C=O) groups is 2. The third kappa shape index (κ3) is 3.04. The van der Waals surface area contributed by atoms with Gasteiger partial charge >= 0.3 is 12.0 Å². The average molecular weight is 286 g/mol. The van der Waals surface area contributed by atoms with Gasteiger partial charge < -0.3 is 25.5 Å². The van der Waals surface area contributed by atoms with Crippen LogP contribution in [0.25, 0.3) is 0 Å². The molecule has 1 saturated heterocycles. The van der Waals surface area contributed by atoms with Gasteiger partial charge in [0.05, 0.1) is 12.2 Å². The molecule has 0 aromatic carbocycles. The first-order chi connectivity index (χ1) is 9.46. The summed E-state index contributed by atoms with van der Waals surface area (Å²) >= 11 is 0. The zero-order valence-corrected chi connectivity index (χ0v) is 11.4. The Balaban J connectivity index is 1.94. The maximum atomic E-state index is 12.0. The third-order valence-electron chi connectivity index (χ3n) is 4.49. The van der Waals surface area contributed by atoms with Gasteiger partial charge in [-0.25, -0.2) is 9.59 Å². The highest BCUT2D eigenvalue weighted by atomic mass is 16.4. The van der Waals surface area contributed by atoms with Gasteiger partial charge in [-0.1, -0.05) is 12.8 Å². The van der Waals surface area contributed by atoms with Crippen LogP contribution in [-0.4, -0.2) is 63.6 Å². The number of likely N-dealkylation sites (tertiary alicyclic amines) is 1. The zero-order chi connectivity index (χ0) is 14.8. The molecule has 1 saturated carbocycles. The molecule has 3 unspecified atom stereocenters. The Morgan fingerprint density at radius 3 is 2.75 bits per heavy atom. The van der Waals surface area contributed by atoms with Gasteiger partial charge in [0.15, 0.2) is 6.04 Å². The molecule has 20 heavy (non-hydrogen) atoms. The number of piperidine rings is 1. The Labute approximate surface area is 117 Å². The maximum absolute atomic E-state index is 12.0. The standard InChI is InChI=1S/C13H22N2O5/c16-8-10(11(17)18)14-12(19)15-6-5-13(20)4-2-1-3-9(13)7-15/h9-10,16,20H,1-8H2,(H,14,19)(H,17,18). The number of amides is 2. The maximum Gasteiger partial charge on any atom is 0.328 e. The number of carboxylic acid groups (broad SMARTS) is 1.